The number of rotatable bonds is 3. The van der Waals surface area contributed by atoms with E-state index in [0.29, 0.717) is 32.7 Å². The molecule has 2 rings (SSSR count). The van der Waals surface area contributed by atoms with Gasteiger partial charge < -0.3 is 20.4 Å². The molecule has 1 heterocycles. The lowest BCUT2D eigenvalue weighted by Crippen LogP contribution is -2.55. The fourth-order valence-electron chi connectivity index (χ4n) is 2.57. The van der Waals surface area contributed by atoms with Gasteiger partial charge in [0.05, 0.1) is 6.04 Å². The van der Waals surface area contributed by atoms with E-state index in [1.54, 1.807) is 28.7 Å². The van der Waals surface area contributed by atoms with E-state index in [-0.39, 0.29) is 11.9 Å². The van der Waals surface area contributed by atoms with Crippen LogP contribution in [0.3, 0.4) is 0 Å². The van der Waals surface area contributed by atoms with Crippen molar-refractivity contribution in [3.63, 3.8) is 0 Å². The van der Waals surface area contributed by atoms with Gasteiger partial charge in [0.2, 0.25) is 5.91 Å². The maximum atomic E-state index is 12.4. The highest BCUT2D eigenvalue weighted by Gasteiger charge is 2.26. The number of hydrogen-bond acceptors (Lipinski definition) is 3. The largest absolute Gasteiger partial charge is 0.338 e. The Hall–Kier alpha value is -2.08. The second kappa shape index (κ2) is 7.26. The van der Waals surface area contributed by atoms with Crippen molar-refractivity contribution in [2.45, 2.75) is 19.5 Å². The third-order valence-corrected chi connectivity index (χ3v) is 3.84. The molecule has 0 aromatic heterocycles. The molecule has 0 aliphatic carbocycles. The Morgan fingerprint density at radius 1 is 1.14 bits per heavy atom. The molecule has 120 valence electrons. The molecule has 0 unspecified atom stereocenters. The molecule has 1 saturated heterocycles. The molecular formula is C16H24N4O2. The predicted molar refractivity (Wildman–Crippen MR) is 85.1 cm³/mol. The van der Waals surface area contributed by atoms with Crippen LogP contribution in [0, 0.1) is 0 Å². The predicted octanol–water partition coefficient (Wildman–Crippen LogP) is 0.730. The van der Waals surface area contributed by atoms with E-state index in [2.05, 4.69) is 0 Å². The van der Waals surface area contributed by atoms with E-state index in [9.17, 15) is 9.59 Å². The Labute approximate surface area is 131 Å². The molecule has 0 bridgehead atoms. The van der Waals surface area contributed by atoms with Crippen molar-refractivity contribution in [2.24, 2.45) is 5.73 Å². The lowest BCUT2D eigenvalue weighted by molar-refractivity contribution is -0.133. The minimum Gasteiger partial charge on any atom is -0.338 e. The number of nitrogens with two attached hydrogens (primary N) is 1. The number of hydrogen-bond donors (Lipinski definition) is 1. The van der Waals surface area contributed by atoms with Gasteiger partial charge in [0.25, 0.3) is 0 Å². The molecule has 0 saturated carbocycles. The molecule has 0 radical (unpaired) electrons. The third kappa shape index (κ3) is 3.98. The Balaban J connectivity index is 1.85. The van der Waals surface area contributed by atoms with Gasteiger partial charge >= 0.3 is 6.03 Å². The normalized spacial score (nSPS) is 16.3. The zero-order valence-corrected chi connectivity index (χ0v) is 13.2. The monoisotopic (exact) mass is 304 g/mol. The number of urea groups is 1. The van der Waals surface area contributed by atoms with Gasteiger partial charge in [0.15, 0.2) is 0 Å². The van der Waals surface area contributed by atoms with Crippen LogP contribution in [0.25, 0.3) is 0 Å². The number of carbonyl (C=O) groups is 2. The van der Waals surface area contributed by atoms with Gasteiger partial charge in [-0.25, -0.2) is 4.79 Å². The zero-order valence-electron chi connectivity index (χ0n) is 13.2. The topological polar surface area (TPSA) is 69.9 Å². The molecule has 0 spiro atoms. The van der Waals surface area contributed by atoms with Crippen molar-refractivity contribution in [2.75, 3.05) is 33.2 Å². The molecule has 6 heteroatoms. The smallest absolute Gasteiger partial charge is 0.320 e. The Morgan fingerprint density at radius 2 is 1.68 bits per heavy atom. The maximum Gasteiger partial charge on any atom is 0.320 e. The lowest BCUT2D eigenvalue weighted by atomic mass is 10.2. The highest BCUT2D eigenvalue weighted by Crippen LogP contribution is 2.09. The Bertz CT molecular complexity index is 510. The van der Waals surface area contributed by atoms with Gasteiger partial charge in [0.1, 0.15) is 0 Å². The molecule has 1 aliphatic heterocycles. The molecule has 2 N–H and O–H groups in total. The van der Waals surface area contributed by atoms with Crippen LogP contribution in [0.1, 0.15) is 12.5 Å². The SMILES string of the molecule is C[C@@H](N)C(=O)N1CCN(C(=O)N(C)Cc2ccccc2)CC1. The average molecular weight is 304 g/mol. The Kier molecular flexibility index (Phi) is 5.38. The van der Waals surface area contributed by atoms with Crippen LogP contribution < -0.4 is 5.73 Å². The van der Waals surface area contributed by atoms with Gasteiger partial charge in [-0.05, 0) is 12.5 Å². The highest BCUT2D eigenvalue weighted by molar-refractivity contribution is 5.81. The first-order valence-corrected chi connectivity index (χ1v) is 7.57. The summed E-state index contributed by atoms with van der Waals surface area (Å²) in [6.07, 6.45) is 0. The van der Waals surface area contributed by atoms with E-state index >= 15 is 0 Å². The molecule has 6 nitrogen and oxygen atoms in total. The molecule has 22 heavy (non-hydrogen) atoms. The number of carbonyl (C=O) groups excluding carboxylic acids is 2. The zero-order chi connectivity index (χ0) is 16.1. The van der Waals surface area contributed by atoms with E-state index in [4.69, 9.17) is 5.73 Å². The molecule has 1 fully saturated rings. The van der Waals surface area contributed by atoms with Crippen molar-refractivity contribution < 1.29 is 9.59 Å². The fourth-order valence-corrected chi connectivity index (χ4v) is 2.57. The van der Waals surface area contributed by atoms with Crippen molar-refractivity contribution in [1.82, 2.24) is 14.7 Å². The van der Waals surface area contributed by atoms with Crippen LogP contribution >= 0.6 is 0 Å². The van der Waals surface area contributed by atoms with Crippen molar-refractivity contribution in [3.8, 4) is 0 Å². The number of amides is 3. The summed E-state index contributed by atoms with van der Waals surface area (Å²) in [7, 11) is 1.80. The second-order valence-electron chi connectivity index (χ2n) is 5.73. The van der Waals surface area contributed by atoms with E-state index in [1.165, 1.54) is 0 Å². The van der Waals surface area contributed by atoms with Gasteiger partial charge in [-0.1, -0.05) is 30.3 Å². The number of nitrogens with zero attached hydrogens (tertiary/aromatic N) is 3. The van der Waals surface area contributed by atoms with Crippen molar-refractivity contribution in [1.29, 1.82) is 0 Å². The Morgan fingerprint density at radius 3 is 2.23 bits per heavy atom. The summed E-state index contributed by atoms with van der Waals surface area (Å²) in [5.74, 6) is -0.0512. The summed E-state index contributed by atoms with van der Waals surface area (Å²) in [4.78, 5) is 29.5. The molecule has 1 aromatic rings. The second-order valence-corrected chi connectivity index (χ2v) is 5.73. The fraction of sp³-hybridized carbons (Fsp3) is 0.500. The number of piperazine rings is 1. The van der Waals surface area contributed by atoms with Crippen LogP contribution in [-0.2, 0) is 11.3 Å². The molecule has 1 atom stereocenters. The van der Waals surface area contributed by atoms with Crippen LogP contribution in [0.5, 0.6) is 0 Å². The first-order chi connectivity index (χ1) is 10.5. The van der Waals surface area contributed by atoms with E-state index in [1.807, 2.05) is 30.3 Å². The van der Waals surface area contributed by atoms with Crippen LogP contribution in [0.2, 0.25) is 0 Å². The summed E-state index contributed by atoms with van der Waals surface area (Å²) in [5.41, 5.74) is 6.72. The average Bonchev–Trinajstić information content (AvgIpc) is 2.54. The van der Waals surface area contributed by atoms with E-state index < -0.39 is 6.04 Å². The highest BCUT2D eigenvalue weighted by atomic mass is 16.2. The van der Waals surface area contributed by atoms with Crippen LogP contribution in [0.15, 0.2) is 30.3 Å². The standard InChI is InChI=1S/C16H24N4O2/c1-13(17)15(21)19-8-10-20(11-9-19)16(22)18(2)12-14-6-4-3-5-7-14/h3-7,13H,8-12,17H2,1-2H3/t13-/m1/s1. The molecule has 1 aromatic carbocycles. The maximum absolute atomic E-state index is 12.4. The van der Waals surface area contributed by atoms with Crippen molar-refractivity contribution >= 4 is 11.9 Å². The minimum absolute atomic E-state index is 0.00301. The summed E-state index contributed by atoms with van der Waals surface area (Å²) >= 11 is 0. The third-order valence-electron chi connectivity index (χ3n) is 3.84. The summed E-state index contributed by atoms with van der Waals surface area (Å²) in [5, 5.41) is 0. The lowest BCUT2D eigenvalue weighted by Gasteiger charge is -2.37. The summed E-state index contributed by atoms with van der Waals surface area (Å²) in [6.45, 7) is 4.47. The molecule has 3 amide bonds. The van der Waals surface area contributed by atoms with Crippen molar-refractivity contribution in [3.05, 3.63) is 35.9 Å². The first-order valence-electron chi connectivity index (χ1n) is 7.57. The van der Waals surface area contributed by atoms with Gasteiger partial charge in [-0.3, -0.25) is 4.79 Å². The van der Waals surface area contributed by atoms with E-state index in [0.717, 1.165) is 5.56 Å². The first kappa shape index (κ1) is 16.3. The van der Waals surface area contributed by atoms with Crippen LogP contribution in [0.4, 0.5) is 4.79 Å². The summed E-state index contributed by atoms with van der Waals surface area (Å²) in [6, 6.07) is 9.41. The van der Waals surface area contributed by atoms with Gasteiger partial charge in [-0.15, -0.1) is 0 Å². The minimum atomic E-state index is -0.483. The van der Waals surface area contributed by atoms with Gasteiger partial charge in [-0.2, -0.15) is 0 Å². The summed E-state index contributed by atoms with van der Waals surface area (Å²) < 4.78 is 0. The molecular weight excluding hydrogens is 280 g/mol. The quantitative estimate of drug-likeness (QED) is 0.895. The van der Waals surface area contributed by atoms with Crippen LogP contribution in [-0.4, -0.2) is 65.9 Å². The molecule has 1 aliphatic rings. The number of benzene rings is 1. The van der Waals surface area contributed by atoms with Gasteiger partial charge in [0, 0.05) is 39.8 Å².